The molecule has 0 fully saturated rings. The van der Waals surface area contributed by atoms with Gasteiger partial charge in [-0.25, -0.2) is 9.18 Å². The van der Waals surface area contributed by atoms with Gasteiger partial charge in [0.25, 0.3) is 0 Å². The van der Waals surface area contributed by atoms with E-state index in [-0.39, 0.29) is 0 Å². The molecular weight excluding hydrogens is 305 g/mol. The third kappa shape index (κ3) is 2.42. The van der Waals surface area contributed by atoms with Crippen molar-refractivity contribution in [2.24, 2.45) is 0 Å². The van der Waals surface area contributed by atoms with Crippen molar-refractivity contribution < 1.29 is 13.9 Å². The van der Waals surface area contributed by atoms with Crippen molar-refractivity contribution in [2.75, 3.05) is 7.11 Å². The topological polar surface area (TPSA) is 39.2 Å². The third-order valence-corrected chi connectivity index (χ3v) is 3.72. The Labute approximate surface area is 131 Å². The van der Waals surface area contributed by atoms with Gasteiger partial charge in [-0.15, -0.1) is 0 Å². The number of carbonyl (C=O) groups is 1. The number of hydrogen-bond donors (Lipinski definition) is 0. The fourth-order valence-corrected chi connectivity index (χ4v) is 2.55. The number of rotatable bonds is 2. The van der Waals surface area contributed by atoms with Crippen LogP contribution in [0.4, 0.5) is 4.39 Å². The normalized spacial score (nSPS) is 10.7. The highest BCUT2D eigenvalue weighted by Crippen LogP contribution is 2.33. The Balaban J connectivity index is 2.33. The van der Waals surface area contributed by atoms with E-state index in [1.54, 1.807) is 30.3 Å². The lowest BCUT2D eigenvalue weighted by Crippen LogP contribution is -2.01. The summed E-state index contributed by atoms with van der Waals surface area (Å²) in [6.07, 6.45) is 1.15. The van der Waals surface area contributed by atoms with Crippen molar-refractivity contribution in [1.29, 1.82) is 0 Å². The summed E-state index contributed by atoms with van der Waals surface area (Å²) in [5, 5.41) is 1.39. The van der Waals surface area contributed by atoms with Gasteiger partial charge in [0.2, 0.25) is 0 Å². The SMILES string of the molecule is COC(=O)c1ccc2c(F)cnc(-c3ccccc3Cl)c2c1. The smallest absolute Gasteiger partial charge is 0.337 e. The van der Waals surface area contributed by atoms with Crippen LogP contribution in [0.25, 0.3) is 22.0 Å². The van der Waals surface area contributed by atoms with Crippen molar-refractivity contribution in [3.05, 3.63) is 65.1 Å². The zero-order valence-corrected chi connectivity index (χ0v) is 12.4. The van der Waals surface area contributed by atoms with E-state index in [1.807, 2.05) is 6.07 Å². The van der Waals surface area contributed by atoms with Crippen molar-refractivity contribution in [3.8, 4) is 11.3 Å². The fourth-order valence-electron chi connectivity index (χ4n) is 2.32. The number of esters is 1. The second-order valence-electron chi connectivity index (χ2n) is 4.69. The summed E-state index contributed by atoms with van der Waals surface area (Å²) < 4.78 is 18.7. The molecule has 0 atom stereocenters. The number of ether oxygens (including phenoxy) is 1. The lowest BCUT2D eigenvalue weighted by atomic mass is 10.0. The Hall–Kier alpha value is -2.46. The largest absolute Gasteiger partial charge is 0.465 e. The number of fused-ring (bicyclic) bond motifs is 1. The van der Waals surface area contributed by atoms with Gasteiger partial charge in [0, 0.05) is 21.4 Å². The van der Waals surface area contributed by atoms with Gasteiger partial charge < -0.3 is 4.74 Å². The Morgan fingerprint density at radius 2 is 1.95 bits per heavy atom. The van der Waals surface area contributed by atoms with Gasteiger partial charge in [-0.05, 0) is 18.2 Å². The van der Waals surface area contributed by atoms with Crippen LogP contribution in [0.5, 0.6) is 0 Å². The molecule has 3 nitrogen and oxygen atoms in total. The van der Waals surface area contributed by atoms with Crippen molar-refractivity contribution in [2.45, 2.75) is 0 Å². The first-order chi connectivity index (χ1) is 10.6. The Morgan fingerprint density at radius 3 is 2.68 bits per heavy atom. The molecule has 0 saturated heterocycles. The minimum absolute atomic E-state index is 0.329. The van der Waals surface area contributed by atoms with Gasteiger partial charge in [0.1, 0.15) is 5.82 Å². The van der Waals surface area contributed by atoms with E-state index in [0.29, 0.717) is 32.6 Å². The standard InChI is InChI=1S/C17H11ClFNO2/c1-22-17(21)10-6-7-11-13(8-10)16(20-9-15(11)19)12-4-2-3-5-14(12)18/h2-9H,1H3. The van der Waals surface area contributed by atoms with E-state index in [2.05, 4.69) is 4.98 Å². The Morgan fingerprint density at radius 1 is 1.18 bits per heavy atom. The summed E-state index contributed by atoms with van der Waals surface area (Å²) in [5.74, 6) is -0.946. The molecule has 0 saturated carbocycles. The molecule has 3 rings (SSSR count). The van der Waals surface area contributed by atoms with Crippen LogP contribution in [-0.4, -0.2) is 18.1 Å². The van der Waals surface area contributed by atoms with Gasteiger partial charge in [0.15, 0.2) is 0 Å². The number of benzene rings is 2. The molecule has 1 aromatic heterocycles. The van der Waals surface area contributed by atoms with Crippen molar-refractivity contribution >= 4 is 28.3 Å². The van der Waals surface area contributed by atoms with E-state index in [0.717, 1.165) is 6.20 Å². The quantitative estimate of drug-likeness (QED) is 0.654. The number of pyridine rings is 1. The average Bonchev–Trinajstić information content (AvgIpc) is 2.55. The molecule has 0 N–H and O–H groups in total. The second-order valence-corrected chi connectivity index (χ2v) is 5.09. The lowest BCUT2D eigenvalue weighted by molar-refractivity contribution is 0.0601. The average molecular weight is 316 g/mol. The summed E-state index contributed by atoms with van der Waals surface area (Å²) in [6, 6.07) is 11.8. The summed E-state index contributed by atoms with van der Waals surface area (Å²) in [4.78, 5) is 15.8. The zero-order valence-electron chi connectivity index (χ0n) is 11.6. The van der Waals surface area contributed by atoms with Gasteiger partial charge in [0.05, 0.1) is 24.6 Å². The van der Waals surface area contributed by atoms with Gasteiger partial charge in [-0.1, -0.05) is 35.9 Å². The maximum Gasteiger partial charge on any atom is 0.337 e. The number of nitrogens with zero attached hydrogens (tertiary/aromatic N) is 1. The van der Waals surface area contributed by atoms with Crippen LogP contribution in [0.15, 0.2) is 48.7 Å². The first-order valence-corrected chi connectivity index (χ1v) is 6.91. The lowest BCUT2D eigenvalue weighted by Gasteiger charge is -2.09. The first-order valence-electron chi connectivity index (χ1n) is 6.53. The third-order valence-electron chi connectivity index (χ3n) is 3.39. The predicted octanol–water partition coefficient (Wildman–Crippen LogP) is 4.48. The molecule has 0 unspecified atom stereocenters. The Bertz CT molecular complexity index is 880. The highest BCUT2D eigenvalue weighted by Gasteiger charge is 2.14. The van der Waals surface area contributed by atoms with Crippen LogP contribution in [0, 0.1) is 5.82 Å². The molecule has 0 aliphatic rings. The minimum atomic E-state index is -0.490. The van der Waals surface area contributed by atoms with Gasteiger partial charge in [-0.2, -0.15) is 0 Å². The predicted molar refractivity (Wildman–Crippen MR) is 83.5 cm³/mol. The van der Waals surface area contributed by atoms with Gasteiger partial charge >= 0.3 is 5.97 Å². The number of aromatic nitrogens is 1. The molecule has 0 spiro atoms. The monoisotopic (exact) mass is 315 g/mol. The van der Waals surface area contributed by atoms with Crippen LogP contribution in [0.2, 0.25) is 5.02 Å². The molecule has 22 heavy (non-hydrogen) atoms. The molecule has 0 aliphatic carbocycles. The van der Waals surface area contributed by atoms with E-state index >= 15 is 0 Å². The van der Waals surface area contributed by atoms with Crippen molar-refractivity contribution in [3.63, 3.8) is 0 Å². The van der Waals surface area contributed by atoms with E-state index in [4.69, 9.17) is 16.3 Å². The number of hydrogen-bond acceptors (Lipinski definition) is 3. The molecule has 5 heteroatoms. The first kappa shape index (κ1) is 14.5. The summed E-state index contributed by atoms with van der Waals surface area (Å²) >= 11 is 6.20. The van der Waals surface area contributed by atoms with E-state index in [1.165, 1.54) is 13.2 Å². The molecule has 0 aliphatic heterocycles. The van der Waals surface area contributed by atoms with Crippen LogP contribution >= 0.6 is 11.6 Å². The number of halogens is 2. The Kier molecular flexibility index (Phi) is 3.77. The second kappa shape index (κ2) is 5.73. The van der Waals surface area contributed by atoms with Crippen LogP contribution in [0.3, 0.4) is 0 Å². The van der Waals surface area contributed by atoms with E-state index < -0.39 is 11.8 Å². The molecule has 3 aromatic rings. The van der Waals surface area contributed by atoms with Crippen LogP contribution < -0.4 is 0 Å². The fraction of sp³-hybridized carbons (Fsp3) is 0.0588. The summed E-state index contributed by atoms with van der Waals surface area (Å²) in [6.45, 7) is 0. The summed E-state index contributed by atoms with van der Waals surface area (Å²) in [5.41, 5.74) is 1.53. The minimum Gasteiger partial charge on any atom is -0.465 e. The summed E-state index contributed by atoms with van der Waals surface area (Å²) in [7, 11) is 1.30. The van der Waals surface area contributed by atoms with Gasteiger partial charge in [-0.3, -0.25) is 4.98 Å². The molecule has 1 heterocycles. The highest BCUT2D eigenvalue weighted by atomic mass is 35.5. The molecule has 2 aromatic carbocycles. The van der Waals surface area contributed by atoms with Crippen LogP contribution in [0.1, 0.15) is 10.4 Å². The van der Waals surface area contributed by atoms with Crippen LogP contribution in [-0.2, 0) is 4.74 Å². The highest BCUT2D eigenvalue weighted by molar-refractivity contribution is 6.33. The number of methoxy groups -OCH3 is 1. The maximum absolute atomic E-state index is 14.0. The van der Waals surface area contributed by atoms with E-state index in [9.17, 15) is 9.18 Å². The molecular formula is C17H11ClFNO2. The molecule has 0 bridgehead atoms. The molecule has 0 amide bonds. The maximum atomic E-state index is 14.0. The molecule has 110 valence electrons. The van der Waals surface area contributed by atoms with Crippen molar-refractivity contribution in [1.82, 2.24) is 4.98 Å². The molecule has 0 radical (unpaired) electrons. The number of carbonyl (C=O) groups excluding carboxylic acids is 1. The zero-order chi connectivity index (χ0) is 15.7.